The van der Waals surface area contributed by atoms with Gasteiger partial charge in [-0.15, -0.1) is 0 Å². The van der Waals surface area contributed by atoms with Gasteiger partial charge in [-0.3, -0.25) is 14.2 Å². The van der Waals surface area contributed by atoms with Crippen LogP contribution in [-0.4, -0.2) is 67.1 Å². The van der Waals surface area contributed by atoms with Crippen molar-refractivity contribution in [1.29, 1.82) is 0 Å². The van der Waals surface area contributed by atoms with Crippen LogP contribution in [0.1, 0.15) is 32.6 Å². The summed E-state index contributed by atoms with van der Waals surface area (Å²) in [5, 5.41) is 3.90. The van der Waals surface area contributed by atoms with Crippen molar-refractivity contribution in [3.05, 3.63) is 63.5 Å². The first-order chi connectivity index (χ1) is 23.2. The molecule has 1 amide bonds. The monoisotopic (exact) mass is 693 g/mol. The van der Waals surface area contributed by atoms with E-state index in [0.29, 0.717) is 51.9 Å². The molecule has 11 nitrogen and oxygen atoms in total. The Morgan fingerprint density at radius 3 is 2.29 bits per heavy atom. The fraction of sp³-hybridized carbons (Fsp3) is 0.371. The van der Waals surface area contributed by atoms with Crippen molar-refractivity contribution in [2.45, 2.75) is 44.8 Å². The van der Waals surface area contributed by atoms with Crippen molar-refractivity contribution >= 4 is 51.5 Å². The Hall–Kier alpha value is -4.32. The van der Waals surface area contributed by atoms with Crippen LogP contribution in [-0.2, 0) is 16.1 Å². The number of methoxy groups -OCH3 is 3. The van der Waals surface area contributed by atoms with E-state index in [1.54, 1.807) is 31.5 Å². The molecule has 2 aliphatic heterocycles. The molecule has 0 unspecified atom stereocenters. The molecule has 0 saturated carbocycles. The zero-order chi connectivity index (χ0) is 34.2. The second-order valence-electron chi connectivity index (χ2n) is 11.7. The first kappa shape index (κ1) is 33.6. The molecule has 1 spiro atoms. The molecule has 2 saturated heterocycles. The number of amides is 1. The summed E-state index contributed by atoms with van der Waals surface area (Å²) in [5.41, 5.74) is 2.44. The molecule has 2 aliphatic rings. The standard InChI is InChI=1S/C35H37Cl2N5O6/c1-6-28(43)39-23-16-21(25(45-3)17-24(23)41-12-10-35(11-13-41)9-8-14-48-35)32-38-19-20-15-22(34(44)42(7-2)33(20)40-32)29-30(36)26(46-4)18-27(47-5)31(29)37/h6,15-19H,1,7-14H2,2-5H3,(H,39,43). The van der Waals surface area contributed by atoms with Gasteiger partial charge in [-0.1, -0.05) is 29.8 Å². The average molecular weight is 695 g/mol. The molecule has 4 aromatic rings. The highest BCUT2D eigenvalue weighted by Crippen LogP contribution is 2.46. The van der Waals surface area contributed by atoms with E-state index in [-0.39, 0.29) is 38.2 Å². The van der Waals surface area contributed by atoms with Crippen LogP contribution < -0.4 is 30.0 Å². The number of rotatable bonds is 9. The minimum Gasteiger partial charge on any atom is -0.496 e. The van der Waals surface area contributed by atoms with Gasteiger partial charge >= 0.3 is 0 Å². The van der Waals surface area contributed by atoms with E-state index < -0.39 is 0 Å². The van der Waals surface area contributed by atoms with Crippen molar-refractivity contribution in [3.63, 3.8) is 0 Å². The van der Waals surface area contributed by atoms with Gasteiger partial charge in [0.25, 0.3) is 5.56 Å². The molecular weight excluding hydrogens is 657 g/mol. The number of nitrogens with one attached hydrogen (secondary N) is 1. The lowest BCUT2D eigenvalue weighted by Crippen LogP contribution is -2.44. The number of carbonyl (C=O) groups excluding carboxylic acids is 1. The van der Waals surface area contributed by atoms with Crippen LogP contribution in [0.25, 0.3) is 33.5 Å². The first-order valence-corrected chi connectivity index (χ1v) is 16.5. The Bertz CT molecular complexity index is 1940. The number of halogens is 2. The molecule has 0 radical (unpaired) electrons. The summed E-state index contributed by atoms with van der Waals surface area (Å²) in [6.45, 7) is 8.11. The summed E-state index contributed by atoms with van der Waals surface area (Å²) in [4.78, 5) is 38.4. The van der Waals surface area contributed by atoms with Gasteiger partial charge in [0.1, 0.15) is 22.9 Å². The number of fused-ring (bicyclic) bond motifs is 1. The Morgan fingerprint density at radius 1 is 1.02 bits per heavy atom. The third kappa shape index (κ3) is 5.95. The number of anilines is 2. The fourth-order valence-electron chi connectivity index (χ4n) is 6.65. The predicted molar refractivity (Wildman–Crippen MR) is 188 cm³/mol. The lowest BCUT2D eigenvalue weighted by Gasteiger charge is -2.40. The molecule has 0 atom stereocenters. The highest BCUT2D eigenvalue weighted by Gasteiger charge is 2.39. The minimum atomic E-state index is -0.357. The second kappa shape index (κ2) is 13.7. The molecule has 2 aromatic heterocycles. The van der Waals surface area contributed by atoms with E-state index in [1.807, 2.05) is 13.0 Å². The van der Waals surface area contributed by atoms with Gasteiger partial charge in [0, 0.05) is 55.5 Å². The van der Waals surface area contributed by atoms with Crippen LogP contribution in [0, 0.1) is 0 Å². The number of pyridine rings is 1. The van der Waals surface area contributed by atoms with E-state index in [0.717, 1.165) is 51.1 Å². The summed E-state index contributed by atoms with van der Waals surface area (Å²) in [7, 11) is 4.52. The Kier molecular flexibility index (Phi) is 9.55. The molecule has 6 rings (SSSR count). The quantitative estimate of drug-likeness (QED) is 0.190. The summed E-state index contributed by atoms with van der Waals surface area (Å²) in [5.74, 6) is 1.10. The third-order valence-corrected chi connectivity index (χ3v) is 9.94. The number of piperidine rings is 1. The van der Waals surface area contributed by atoms with Crippen molar-refractivity contribution < 1.29 is 23.7 Å². The van der Waals surface area contributed by atoms with E-state index >= 15 is 0 Å². The Morgan fingerprint density at radius 2 is 1.71 bits per heavy atom. The van der Waals surface area contributed by atoms with Crippen LogP contribution in [0.3, 0.4) is 0 Å². The highest BCUT2D eigenvalue weighted by atomic mass is 35.5. The number of aryl methyl sites for hydroxylation is 1. The van der Waals surface area contributed by atoms with Crippen LogP contribution in [0.15, 0.2) is 47.9 Å². The maximum absolute atomic E-state index is 14.0. The van der Waals surface area contributed by atoms with E-state index in [9.17, 15) is 9.59 Å². The summed E-state index contributed by atoms with van der Waals surface area (Å²) in [6.07, 6.45) is 6.81. The minimum absolute atomic E-state index is 0.0613. The molecule has 48 heavy (non-hydrogen) atoms. The van der Waals surface area contributed by atoms with E-state index in [4.69, 9.17) is 47.1 Å². The van der Waals surface area contributed by atoms with E-state index in [1.165, 1.54) is 24.9 Å². The van der Waals surface area contributed by atoms with Gasteiger partial charge in [0.2, 0.25) is 5.91 Å². The summed E-state index contributed by atoms with van der Waals surface area (Å²) < 4.78 is 24.4. The van der Waals surface area contributed by atoms with Gasteiger partial charge in [-0.05, 0) is 50.8 Å². The zero-order valence-electron chi connectivity index (χ0n) is 27.3. The van der Waals surface area contributed by atoms with Crippen LogP contribution in [0.5, 0.6) is 17.2 Å². The molecule has 252 valence electrons. The lowest BCUT2D eigenvalue weighted by atomic mass is 9.88. The molecule has 0 bridgehead atoms. The molecular formula is C35H37Cl2N5O6. The maximum Gasteiger partial charge on any atom is 0.260 e. The number of aromatic nitrogens is 3. The molecule has 13 heteroatoms. The van der Waals surface area contributed by atoms with Crippen molar-refractivity contribution in [2.24, 2.45) is 0 Å². The normalized spacial score (nSPS) is 15.5. The maximum atomic E-state index is 14.0. The Balaban J connectivity index is 1.47. The lowest BCUT2D eigenvalue weighted by molar-refractivity contribution is -0.111. The van der Waals surface area contributed by atoms with Crippen molar-refractivity contribution in [2.75, 3.05) is 51.2 Å². The number of hydrogen-bond acceptors (Lipinski definition) is 9. The topological polar surface area (TPSA) is 117 Å². The SMILES string of the molecule is C=CC(=O)Nc1cc(-c2ncc3cc(-c4c(Cl)c(OC)cc(OC)c4Cl)c(=O)n(CC)c3n2)c(OC)cc1N1CCC2(CCCO2)CC1. The molecule has 4 heterocycles. The number of nitrogens with zero attached hydrogens (tertiary/aromatic N) is 4. The predicted octanol–water partition coefficient (Wildman–Crippen LogP) is 6.75. The summed E-state index contributed by atoms with van der Waals surface area (Å²) >= 11 is 13.4. The van der Waals surface area contributed by atoms with Crippen LogP contribution in [0.2, 0.25) is 10.0 Å². The fourth-order valence-corrected chi connectivity index (χ4v) is 7.35. The van der Waals surface area contributed by atoms with Crippen LogP contribution in [0.4, 0.5) is 11.4 Å². The van der Waals surface area contributed by atoms with Gasteiger partial charge in [0.05, 0.1) is 59.5 Å². The Labute approximate surface area is 288 Å². The smallest absolute Gasteiger partial charge is 0.260 e. The number of ether oxygens (including phenoxy) is 4. The number of hydrogen-bond donors (Lipinski definition) is 1. The molecule has 2 aromatic carbocycles. The second-order valence-corrected chi connectivity index (χ2v) is 12.5. The van der Waals surface area contributed by atoms with Gasteiger partial charge in [-0.25, -0.2) is 9.97 Å². The van der Waals surface area contributed by atoms with Crippen molar-refractivity contribution in [3.8, 4) is 39.8 Å². The third-order valence-electron chi connectivity index (χ3n) is 9.19. The van der Waals surface area contributed by atoms with Gasteiger partial charge < -0.3 is 29.2 Å². The molecule has 0 aliphatic carbocycles. The molecule has 1 N–H and O–H groups in total. The largest absolute Gasteiger partial charge is 0.496 e. The van der Waals surface area contributed by atoms with Gasteiger partial charge in [-0.2, -0.15) is 0 Å². The number of benzene rings is 2. The first-order valence-electron chi connectivity index (χ1n) is 15.7. The molecule has 2 fully saturated rings. The van der Waals surface area contributed by atoms with E-state index in [2.05, 4.69) is 21.8 Å². The highest BCUT2D eigenvalue weighted by molar-refractivity contribution is 6.41. The van der Waals surface area contributed by atoms with Crippen LogP contribution >= 0.6 is 23.2 Å². The summed E-state index contributed by atoms with van der Waals surface area (Å²) in [6, 6.07) is 6.93. The number of carbonyl (C=O) groups is 1. The van der Waals surface area contributed by atoms with Gasteiger partial charge in [0.15, 0.2) is 5.82 Å². The van der Waals surface area contributed by atoms with Crippen molar-refractivity contribution in [1.82, 2.24) is 14.5 Å². The zero-order valence-corrected chi connectivity index (χ0v) is 28.8. The average Bonchev–Trinajstić information content (AvgIpc) is 3.56.